The van der Waals surface area contributed by atoms with E-state index in [0.29, 0.717) is 18.9 Å². The molecule has 2 atom stereocenters. The number of carbonyl (C=O) groups is 2. The third-order valence-electron chi connectivity index (χ3n) is 3.97. The number of carboxylic acids is 1. The summed E-state index contributed by atoms with van der Waals surface area (Å²) in [6, 6.07) is -0.598. The largest absolute Gasteiger partial charge is 0.480 e. The highest BCUT2D eigenvalue weighted by Crippen LogP contribution is 2.26. The third-order valence-corrected chi connectivity index (χ3v) is 3.97. The van der Waals surface area contributed by atoms with Crippen molar-refractivity contribution < 1.29 is 14.7 Å². The lowest BCUT2D eigenvalue weighted by Crippen LogP contribution is -2.44. The molecule has 0 aliphatic carbocycles. The maximum atomic E-state index is 12.3. The highest BCUT2D eigenvalue weighted by atomic mass is 16.4. The molecule has 0 aromatic carbocycles. The Bertz CT molecular complexity index is 286. The molecule has 1 aliphatic heterocycles. The lowest BCUT2D eigenvalue weighted by molar-refractivity contribution is -0.150. The highest BCUT2D eigenvalue weighted by Gasteiger charge is 2.37. The van der Waals surface area contributed by atoms with Crippen molar-refractivity contribution >= 4 is 11.9 Å². The first-order valence-corrected chi connectivity index (χ1v) is 6.56. The van der Waals surface area contributed by atoms with Crippen LogP contribution in [0.2, 0.25) is 0 Å². The summed E-state index contributed by atoms with van der Waals surface area (Å²) in [5, 5.41) is 9.07. The van der Waals surface area contributed by atoms with Gasteiger partial charge in [-0.15, -0.1) is 0 Å². The molecule has 0 saturated carbocycles. The Morgan fingerprint density at radius 1 is 1.35 bits per heavy atom. The number of nitrogens with zero attached hydrogens (tertiary/aromatic N) is 1. The molecule has 4 nitrogen and oxygen atoms in total. The van der Waals surface area contributed by atoms with Gasteiger partial charge in [-0.25, -0.2) is 4.79 Å². The van der Waals surface area contributed by atoms with E-state index in [0.717, 1.165) is 19.3 Å². The molecule has 0 aromatic heterocycles. The first kappa shape index (κ1) is 14.0. The maximum Gasteiger partial charge on any atom is 0.326 e. The molecule has 1 saturated heterocycles. The molecule has 0 aromatic rings. The van der Waals surface area contributed by atoms with E-state index in [9.17, 15) is 9.59 Å². The number of likely N-dealkylation sites (tertiary alicyclic amines) is 1. The van der Waals surface area contributed by atoms with E-state index in [2.05, 4.69) is 13.8 Å². The monoisotopic (exact) mass is 241 g/mol. The second kappa shape index (κ2) is 6.03. The fraction of sp³-hybridized carbons (Fsp3) is 0.846. The van der Waals surface area contributed by atoms with Crippen LogP contribution in [0.5, 0.6) is 0 Å². The Hall–Kier alpha value is -1.06. The second-order valence-corrected chi connectivity index (χ2v) is 4.89. The van der Waals surface area contributed by atoms with Gasteiger partial charge in [0, 0.05) is 12.5 Å². The SMILES string of the molecule is CCC(CC)C(C)C(=O)N1CCC[C@@H]1C(=O)O. The predicted octanol–water partition coefficient (Wildman–Crippen LogP) is 2.13. The Morgan fingerprint density at radius 3 is 2.41 bits per heavy atom. The zero-order valence-electron chi connectivity index (χ0n) is 11.0. The molecule has 0 spiro atoms. The lowest BCUT2D eigenvalue weighted by Gasteiger charge is -2.28. The third kappa shape index (κ3) is 2.99. The van der Waals surface area contributed by atoms with Crippen LogP contribution in [0.15, 0.2) is 0 Å². The molecule has 0 bridgehead atoms. The summed E-state index contributed by atoms with van der Waals surface area (Å²) in [6.45, 7) is 6.69. The molecule has 98 valence electrons. The molecule has 1 amide bonds. The Kier molecular flexibility index (Phi) is 4.97. The average molecular weight is 241 g/mol. The van der Waals surface area contributed by atoms with Crippen LogP contribution in [0.4, 0.5) is 0 Å². The van der Waals surface area contributed by atoms with Crippen molar-refractivity contribution in [3.8, 4) is 0 Å². The van der Waals surface area contributed by atoms with Crippen molar-refractivity contribution in [2.45, 2.75) is 52.5 Å². The summed E-state index contributed by atoms with van der Waals surface area (Å²) < 4.78 is 0. The molecule has 1 N–H and O–H groups in total. The van der Waals surface area contributed by atoms with E-state index in [4.69, 9.17) is 5.11 Å². The Balaban J connectivity index is 2.71. The van der Waals surface area contributed by atoms with Gasteiger partial charge in [0.15, 0.2) is 0 Å². The van der Waals surface area contributed by atoms with Crippen molar-refractivity contribution in [1.29, 1.82) is 0 Å². The van der Waals surface area contributed by atoms with Gasteiger partial charge < -0.3 is 10.0 Å². The van der Waals surface area contributed by atoms with Gasteiger partial charge in [0.25, 0.3) is 0 Å². The van der Waals surface area contributed by atoms with Gasteiger partial charge in [-0.05, 0) is 18.8 Å². The molecule has 0 radical (unpaired) electrons. The van der Waals surface area contributed by atoms with E-state index < -0.39 is 12.0 Å². The quantitative estimate of drug-likeness (QED) is 0.802. The fourth-order valence-electron chi connectivity index (χ4n) is 2.75. The maximum absolute atomic E-state index is 12.3. The standard InChI is InChI=1S/C13H23NO3/c1-4-10(5-2)9(3)12(15)14-8-6-7-11(14)13(16)17/h9-11H,4-8H2,1-3H3,(H,16,17)/t9?,11-/m1/s1. The van der Waals surface area contributed by atoms with Crippen molar-refractivity contribution in [3.05, 3.63) is 0 Å². The van der Waals surface area contributed by atoms with Gasteiger partial charge in [-0.1, -0.05) is 33.6 Å². The van der Waals surface area contributed by atoms with Gasteiger partial charge in [0.05, 0.1) is 0 Å². The molecule has 1 rings (SSSR count). The molecule has 1 fully saturated rings. The number of hydrogen-bond donors (Lipinski definition) is 1. The summed E-state index contributed by atoms with van der Waals surface area (Å²) in [5.74, 6) is -0.557. The van der Waals surface area contributed by atoms with Crippen LogP contribution in [-0.2, 0) is 9.59 Å². The van der Waals surface area contributed by atoms with Crippen molar-refractivity contribution in [2.75, 3.05) is 6.54 Å². The molecule has 17 heavy (non-hydrogen) atoms. The van der Waals surface area contributed by atoms with Gasteiger partial charge in [0.2, 0.25) is 5.91 Å². The minimum absolute atomic E-state index is 0.0172. The van der Waals surface area contributed by atoms with Crippen LogP contribution >= 0.6 is 0 Å². The van der Waals surface area contributed by atoms with E-state index in [1.807, 2.05) is 6.92 Å². The highest BCUT2D eigenvalue weighted by molar-refractivity contribution is 5.85. The van der Waals surface area contributed by atoms with Crippen LogP contribution in [0.3, 0.4) is 0 Å². The van der Waals surface area contributed by atoms with Crippen LogP contribution in [-0.4, -0.2) is 34.5 Å². The minimum atomic E-state index is -0.868. The Morgan fingerprint density at radius 2 is 1.94 bits per heavy atom. The molecule has 1 heterocycles. The van der Waals surface area contributed by atoms with Gasteiger partial charge in [-0.2, -0.15) is 0 Å². The van der Waals surface area contributed by atoms with Crippen molar-refractivity contribution in [1.82, 2.24) is 4.90 Å². The zero-order chi connectivity index (χ0) is 13.0. The molecule has 1 unspecified atom stereocenters. The molecular formula is C13H23NO3. The van der Waals surface area contributed by atoms with Gasteiger partial charge >= 0.3 is 5.97 Å². The summed E-state index contributed by atoms with van der Waals surface area (Å²) in [4.78, 5) is 24.9. The number of hydrogen-bond acceptors (Lipinski definition) is 2. The van der Waals surface area contributed by atoms with E-state index in [-0.39, 0.29) is 11.8 Å². The number of rotatable bonds is 5. The number of aliphatic carboxylic acids is 1. The lowest BCUT2D eigenvalue weighted by atomic mass is 9.88. The number of carbonyl (C=O) groups excluding carboxylic acids is 1. The van der Waals surface area contributed by atoms with Gasteiger partial charge in [-0.3, -0.25) is 4.79 Å². The van der Waals surface area contributed by atoms with E-state index in [1.54, 1.807) is 4.90 Å². The molecule has 1 aliphatic rings. The first-order chi connectivity index (χ1) is 8.02. The van der Waals surface area contributed by atoms with Crippen LogP contribution < -0.4 is 0 Å². The first-order valence-electron chi connectivity index (χ1n) is 6.56. The second-order valence-electron chi connectivity index (χ2n) is 4.89. The topological polar surface area (TPSA) is 57.6 Å². The van der Waals surface area contributed by atoms with Crippen LogP contribution in [0.1, 0.15) is 46.5 Å². The summed E-state index contributed by atoms with van der Waals surface area (Å²) in [5.41, 5.74) is 0. The normalized spacial score (nSPS) is 21.9. The van der Waals surface area contributed by atoms with Crippen molar-refractivity contribution in [3.63, 3.8) is 0 Å². The number of amides is 1. The van der Waals surface area contributed by atoms with E-state index in [1.165, 1.54) is 0 Å². The predicted molar refractivity (Wildman–Crippen MR) is 65.6 cm³/mol. The summed E-state index contributed by atoms with van der Waals surface area (Å²) in [6.07, 6.45) is 3.33. The average Bonchev–Trinajstić information content (AvgIpc) is 2.78. The Labute approximate surface area is 103 Å². The smallest absolute Gasteiger partial charge is 0.326 e. The van der Waals surface area contributed by atoms with Gasteiger partial charge in [0.1, 0.15) is 6.04 Å². The minimum Gasteiger partial charge on any atom is -0.480 e. The molecular weight excluding hydrogens is 218 g/mol. The van der Waals surface area contributed by atoms with E-state index >= 15 is 0 Å². The molecule has 4 heteroatoms. The van der Waals surface area contributed by atoms with Crippen LogP contribution in [0, 0.1) is 11.8 Å². The summed E-state index contributed by atoms with van der Waals surface area (Å²) in [7, 11) is 0. The summed E-state index contributed by atoms with van der Waals surface area (Å²) >= 11 is 0. The van der Waals surface area contributed by atoms with Crippen molar-refractivity contribution in [2.24, 2.45) is 11.8 Å². The van der Waals surface area contributed by atoms with Crippen LogP contribution in [0.25, 0.3) is 0 Å². The zero-order valence-corrected chi connectivity index (χ0v) is 11.0. The number of carboxylic acid groups (broad SMARTS) is 1. The fourth-order valence-corrected chi connectivity index (χ4v) is 2.75.